The zero-order chi connectivity index (χ0) is 10.7. The van der Waals surface area contributed by atoms with E-state index in [-0.39, 0.29) is 5.56 Å². The average molecular weight is 220 g/mol. The normalized spacial score (nSPS) is 10.5. The predicted octanol–water partition coefficient (Wildman–Crippen LogP) is 2.25. The summed E-state index contributed by atoms with van der Waals surface area (Å²) in [5.74, 6) is 0. The van der Waals surface area contributed by atoms with Gasteiger partial charge in [0, 0.05) is 17.6 Å². The third-order valence-electron chi connectivity index (χ3n) is 2.07. The van der Waals surface area contributed by atoms with Crippen molar-refractivity contribution in [1.82, 2.24) is 9.55 Å². The van der Waals surface area contributed by atoms with E-state index in [4.69, 9.17) is 0 Å². The molecule has 0 unspecified atom stereocenters. The highest BCUT2D eigenvalue weighted by molar-refractivity contribution is 7.12. The lowest BCUT2D eigenvalue weighted by atomic mass is 10.3. The van der Waals surface area contributed by atoms with Crippen molar-refractivity contribution >= 4 is 11.3 Å². The molecule has 0 aromatic carbocycles. The number of hydrogen-bond acceptors (Lipinski definition) is 3. The molecule has 2 aromatic heterocycles. The molecule has 2 aromatic rings. The summed E-state index contributed by atoms with van der Waals surface area (Å²) >= 11 is 1.51. The van der Waals surface area contributed by atoms with Crippen molar-refractivity contribution < 1.29 is 0 Å². The van der Waals surface area contributed by atoms with Gasteiger partial charge in [0.2, 0.25) is 0 Å². The van der Waals surface area contributed by atoms with E-state index in [1.165, 1.54) is 11.3 Å². The zero-order valence-corrected chi connectivity index (χ0v) is 9.33. The van der Waals surface area contributed by atoms with Gasteiger partial charge >= 0.3 is 0 Å². The molecule has 0 N–H and O–H groups in total. The maximum absolute atomic E-state index is 11.5. The first kappa shape index (κ1) is 10.1. The molecule has 3 nitrogen and oxygen atoms in total. The van der Waals surface area contributed by atoms with Crippen LogP contribution in [0.2, 0.25) is 0 Å². The first-order valence-corrected chi connectivity index (χ1v) is 5.81. The monoisotopic (exact) mass is 220 g/mol. The summed E-state index contributed by atoms with van der Waals surface area (Å²) in [5.41, 5.74) is 1.03. The smallest absolute Gasteiger partial charge is 0.256 e. The zero-order valence-electron chi connectivity index (χ0n) is 8.51. The van der Waals surface area contributed by atoms with Crippen LogP contribution in [0.5, 0.6) is 0 Å². The minimum absolute atomic E-state index is 0.0325. The van der Waals surface area contributed by atoms with E-state index in [0.29, 0.717) is 0 Å². The Morgan fingerprint density at radius 2 is 2.33 bits per heavy atom. The number of thiazole rings is 1. The second-order valence-electron chi connectivity index (χ2n) is 3.28. The van der Waals surface area contributed by atoms with Crippen molar-refractivity contribution in [3.05, 3.63) is 45.8 Å². The summed E-state index contributed by atoms with van der Waals surface area (Å²) in [5, 5.41) is 2.77. The van der Waals surface area contributed by atoms with Gasteiger partial charge in [-0.2, -0.15) is 0 Å². The lowest BCUT2D eigenvalue weighted by Crippen LogP contribution is -2.15. The molecule has 0 saturated carbocycles. The third kappa shape index (κ3) is 2.15. The Morgan fingerprint density at radius 1 is 1.47 bits per heavy atom. The summed E-state index contributed by atoms with van der Waals surface area (Å²) in [6.07, 6.45) is 3.79. The number of aryl methyl sites for hydroxylation is 1. The van der Waals surface area contributed by atoms with Crippen LogP contribution in [0.1, 0.15) is 19.0 Å². The number of hydrogen-bond donors (Lipinski definition) is 0. The van der Waals surface area contributed by atoms with E-state index >= 15 is 0 Å². The lowest BCUT2D eigenvalue weighted by molar-refractivity contribution is 0.874. The summed E-state index contributed by atoms with van der Waals surface area (Å²) in [6, 6.07) is 5.11. The molecule has 2 heterocycles. The average Bonchev–Trinajstić information content (AvgIpc) is 2.68. The van der Waals surface area contributed by atoms with Crippen LogP contribution < -0.4 is 5.56 Å². The fourth-order valence-corrected chi connectivity index (χ4v) is 2.21. The molecule has 0 fully saturated rings. The van der Waals surface area contributed by atoms with Crippen molar-refractivity contribution in [1.29, 1.82) is 0 Å². The summed E-state index contributed by atoms with van der Waals surface area (Å²) < 4.78 is 1.57. The van der Waals surface area contributed by atoms with E-state index in [1.54, 1.807) is 22.9 Å². The largest absolute Gasteiger partial charge is 0.269 e. The first-order valence-electron chi connectivity index (χ1n) is 4.93. The van der Waals surface area contributed by atoms with Crippen LogP contribution in [0.3, 0.4) is 0 Å². The standard InChI is InChI=1S/C11H12N2OS/c1-2-5-9-8-15-11(12-9)13-7-4-3-6-10(13)14/h3-4,6-8H,2,5H2,1H3. The molecular formula is C11H12N2OS. The summed E-state index contributed by atoms with van der Waals surface area (Å²) in [7, 11) is 0. The Morgan fingerprint density at radius 3 is 3.07 bits per heavy atom. The Labute approximate surface area is 92.0 Å². The number of pyridine rings is 1. The topological polar surface area (TPSA) is 34.9 Å². The molecule has 0 aliphatic rings. The Bertz CT molecular complexity index is 501. The van der Waals surface area contributed by atoms with Crippen molar-refractivity contribution in [2.24, 2.45) is 0 Å². The van der Waals surface area contributed by atoms with Crippen molar-refractivity contribution in [3.63, 3.8) is 0 Å². The van der Waals surface area contributed by atoms with E-state index < -0.39 is 0 Å². The van der Waals surface area contributed by atoms with Gasteiger partial charge in [0.15, 0.2) is 5.13 Å². The highest BCUT2D eigenvalue weighted by atomic mass is 32.1. The fraction of sp³-hybridized carbons (Fsp3) is 0.273. The molecule has 78 valence electrons. The molecule has 0 saturated heterocycles. The van der Waals surface area contributed by atoms with Gasteiger partial charge in [0.1, 0.15) is 0 Å². The second-order valence-corrected chi connectivity index (χ2v) is 4.12. The number of nitrogens with zero attached hydrogens (tertiary/aromatic N) is 2. The molecule has 15 heavy (non-hydrogen) atoms. The second kappa shape index (κ2) is 4.40. The number of aromatic nitrogens is 2. The van der Waals surface area contributed by atoms with Gasteiger partial charge in [0.05, 0.1) is 5.69 Å². The van der Waals surface area contributed by atoms with Crippen molar-refractivity contribution in [2.75, 3.05) is 0 Å². The Balaban J connectivity index is 2.38. The van der Waals surface area contributed by atoms with Gasteiger partial charge in [-0.05, 0) is 12.5 Å². The van der Waals surface area contributed by atoms with Gasteiger partial charge in [-0.25, -0.2) is 4.98 Å². The minimum Gasteiger partial charge on any atom is -0.269 e. The maximum atomic E-state index is 11.5. The third-order valence-corrected chi connectivity index (χ3v) is 2.96. The first-order chi connectivity index (χ1) is 7.31. The summed E-state index contributed by atoms with van der Waals surface area (Å²) in [6.45, 7) is 2.12. The highest BCUT2D eigenvalue weighted by Gasteiger charge is 2.03. The predicted molar refractivity (Wildman–Crippen MR) is 61.7 cm³/mol. The molecule has 4 heteroatoms. The highest BCUT2D eigenvalue weighted by Crippen LogP contribution is 2.13. The van der Waals surface area contributed by atoms with E-state index in [0.717, 1.165) is 23.7 Å². The number of rotatable bonds is 3. The van der Waals surface area contributed by atoms with Crippen LogP contribution in [0.25, 0.3) is 5.13 Å². The minimum atomic E-state index is -0.0325. The summed E-state index contributed by atoms with van der Waals surface area (Å²) in [4.78, 5) is 15.9. The van der Waals surface area contributed by atoms with Crippen LogP contribution >= 0.6 is 11.3 Å². The molecule has 0 radical (unpaired) electrons. The molecular weight excluding hydrogens is 208 g/mol. The van der Waals surface area contributed by atoms with Gasteiger partial charge < -0.3 is 0 Å². The van der Waals surface area contributed by atoms with Crippen LogP contribution in [0.15, 0.2) is 34.6 Å². The lowest BCUT2D eigenvalue weighted by Gasteiger charge is -1.98. The van der Waals surface area contributed by atoms with Gasteiger partial charge in [0.25, 0.3) is 5.56 Å². The van der Waals surface area contributed by atoms with Crippen LogP contribution in [-0.4, -0.2) is 9.55 Å². The van der Waals surface area contributed by atoms with Crippen LogP contribution in [-0.2, 0) is 6.42 Å². The molecule has 0 spiro atoms. The quantitative estimate of drug-likeness (QED) is 0.795. The van der Waals surface area contributed by atoms with Gasteiger partial charge in [-0.3, -0.25) is 9.36 Å². The molecule has 0 atom stereocenters. The Kier molecular flexibility index (Phi) is 2.97. The van der Waals surface area contributed by atoms with Gasteiger partial charge in [-0.1, -0.05) is 19.4 Å². The SMILES string of the molecule is CCCc1csc(-n2ccccc2=O)n1. The Hall–Kier alpha value is -1.42. The molecule has 0 amide bonds. The molecule has 0 aliphatic carbocycles. The van der Waals surface area contributed by atoms with E-state index in [9.17, 15) is 4.79 Å². The maximum Gasteiger partial charge on any atom is 0.256 e. The molecule has 0 bridgehead atoms. The fourth-order valence-electron chi connectivity index (χ4n) is 1.36. The van der Waals surface area contributed by atoms with E-state index in [1.807, 2.05) is 11.4 Å². The van der Waals surface area contributed by atoms with Crippen molar-refractivity contribution in [2.45, 2.75) is 19.8 Å². The van der Waals surface area contributed by atoms with Gasteiger partial charge in [-0.15, -0.1) is 11.3 Å². The molecule has 2 rings (SSSR count). The van der Waals surface area contributed by atoms with Crippen LogP contribution in [0.4, 0.5) is 0 Å². The molecule has 0 aliphatic heterocycles. The van der Waals surface area contributed by atoms with E-state index in [2.05, 4.69) is 11.9 Å². The van der Waals surface area contributed by atoms with Crippen LogP contribution in [0, 0.1) is 0 Å². The van der Waals surface area contributed by atoms with Crippen molar-refractivity contribution in [3.8, 4) is 5.13 Å².